The van der Waals surface area contributed by atoms with Crippen LogP contribution in [0.4, 0.5) is 0 Å². The van der Waals surface area contributed by atoms with Crippen molar-refractivity contribution < 1.29 is 9.90 Å². The number of fused-ring (bicyclic) bond motifs is 5. The Morgan fingerprint density at radius 3 is 2.52 bits per heavy atom. The molecule has 8 atom stereocenters. The van der Waals surface area contributed by atoms with Gasteiger partial charge in [-0.05, 0) is 91.4 Å². The Morgan fingerprint density at radius 2 is 1.79 bits per heavy atom. The van der Waals surface area contributed by atoms with E-state index in [1.807, 2.05) is 6.08 Å². The van der Waals surface area contributed by atoms with Gasteiger partial charge in [-0.15, -0.1) is 0 Å². The molecular formula is C27H44O2. The van der Waals surface area contributed by atoms with Crippen molar-refractivity contribution >= 4 is 5.78 Å². The van der Waals surface area contributed by atoms with E-state index >= 15 is 0 Å². The predicted molar refractivity (Wildman–Crippen MR) is 119 cm³/mol. The summed E-state index contributed by atoms with van der Waals surface area (Å²) in [7, 11) is 0. The molecule has 2 heteroatoms. The lowest BCUT2D eigenvalue weighted by molar-refractivity contribution is -0.135. The van der Waals surface area contributed by atoms with E-state index in [1.165, 1.54) is 50.5 Å². The second-order valence-corrected chi connectivity index (χ2v) is 12.2. The van der Waals surface area contributed by atoms with E-state index in [4.69, 9.17) is 0 Å². The van der Waals surface area contributed by atoms with Gasteiger partial charge in [-0.3, -0.25) is 4.79 Å². The molecule has 3 fully saturated rings. The highest BCUT2D eigenvalue weighted by Crippen LogP contribution is 2.66. The van der Waals surface area contributed by atoms with Crippen molar-refractivity contribution in [3.63, 3.8) is 0 Å². The van der Waals surface area contributed by atoms with Crippen LogP contribution in [0.15, 0.2) is 11.6 Å². The summed E-state index contributed by atoms with van der Waals surface area (Å²) in [6.07, 6.45) is 13.6. The molecule has 3 saturated carbocycles. The minimum Gasteiger partial charge on any atom is -0.393 e. The highest BCUT2D eigenvalue weighted by Gasteiger charge is 2.61. The first-order valence-electron chi connectivity index (χ1n) is 12.6. The van der Waals surface area contributed by atoms with Crippen molar-refractivity contribution in [2.75, 3.05) is 0 Å². The topological polar surface area (TPSA) is 37.3 Å². The van der Waals surface area contributed by atoms with Crippen molar-refractivity contribution in [3.8, 4) is 0 Å². The van der Waals surface area contributed by atoms with Gasteiger partial charge >= 0.3 is 0 Å². The van der Waals surface area contributed by atoms with Crippen LogP contribution in [0.3, 0.4) is 0 Å². The second kappa shape index (κ2) is 7.81. The molecule has 2 nitrogen and oxygen atoms in total. The minimum absolute atomic E-state index is 0.153. The fourth-order valence-corrected chi connectivity index (χ4v) is 8.41. The zero-order valence-corrected chi connectivity index (χ0v) is 19.5. The Bertz CT molecular complexity index is 663. The minimum atomic E-state index is -0.241. The van der Waals surface area contributed by atoms with Gasteiger partial charge < -0.3 is 5.11 Å². The van der Waals surface area contributed by atoms with Crippen LogP contribution in [-0.2, 0) is 4.79 Å². The van der Waals surface area contributed by atoms with Crippen molar-refractivity contribution in [1.82, 2.24) is 0 Å². The van der Waals surface area contributed by atoms with Crippen LogP contribution in [0.25, 0.3) is 0 Å². The number of ketones is 1. The normalized spacial score (nSPS) is 45.4. The van der Waals surface area contributed by atoms with Crippen LogP contribution in [0.1, 0.15) is 98.8 Å². The zero-order valence-electron chi connectivity index (χ0n) is 19.5. The van der Waals surface area contributed by atoms with Crippen LogP contribution in [-0.4, -0.2) is 17.0 Å². The molecule has 0 radical (unpaired) electrons. The van der Waals surface area contributed by atoms with Gasteiger partial charge in [-0.1, -0.05) is 59.5 Å². The molecule has 0 aliphatic heterocycles. The number of carbonyl (C=O) groups excluding carboxylic acids is 1. The lowest BCUT2D eigenvalue weighted by Crippen LogP contribution is -2.53. The van der Waals surface area contributed by atoms with Gasteiger partial charge in [0.15, 0.2) is 5.78 Å². The lowest BCUT2D eigenvalue weighted by atomic mass is 9.46. The van der Waals surface area contributed by atoms with E-state index < -0.39 is 0 Å². The first-order valence-corrected chi connectivity index (χ1v) is 12.6. The Balaban J connectivity index is 1.54. The van der Waals surface area contributed by atoms with Crippen molar-refractivity contribution in [2.45, 2.75) is 105 Å². The molecule has 4 rings (SSSR count). The SMILES string of the molecule is CC(C)CCC[C@@H](C)C1CCC2C3C(=O)C=C4C[C@@H](O)CC[C@]4(C)C3CC[C@@]21C. The Hall–Kier alpha value is -0.630. The number of aliphatic hydroxyl groups is 1. The van der Waals surface area contributed by atoms with Crippen molar-refractivity contribution in [3.05, 3.63) is 11.6 Å². The average molecular weight is 401 g/mol. The highest BCUT2D eigenvalue weighted by molar-refractivity contribution is 5.94. The zero-order chi connectivity index (χ0) is 21.0. The Kier molecular flexibility index (Phi) is 5.82. The van der Waals surface area contributed by atoms with E-state index in [-0.39, 0.29) is 17.4 Å². The van der Waals surface area contributed by atoms with Crippen molar-refractivity contribution in [1.29, 1.82) is 0 Å². The standard InChI is InChI=1S/C27H44O2/c1-17(2)7-6-8-18(3)21-9-10-22-25-23(12-14-27(21,22)5)26(4)13-11-20(28)15-19(26)16-24(25)29/h16-18,20-23,25,28H,6-15H2,1-5H3/t18-,20+,21?,22?,23?,25?,26+,27-/m1/s1. The molecule has 164 valence electrons. The molecule has 4 aliphatic rings. The summed E-state index contributed by atoms with van der Waals surface area (Å²) in [6.45, 7) is 12.1. The highest BCUT2D eigenvalue weighted by atomic mass is 16.3. The van der Waals surface area contributed by atoms with E-state index in [1.54, 1.807) is 0 Å². The van der Waals surface area contributed by atoms with Crippen LogP contribution in [0, 0.1) is 46.3 Å². The maximum absolute atomic E-state index is 13.4. The molecule has 0 saturated heterocycles. The van der Waals surface area contributed by atoms with Crippen LogP contribution in [0.2, 0.25) is 0 Å². The largest absolute Gasteiger partial charge is 0.393 e. The number of aliphatic hydroxyl groups excluding tert-OH is 1. The summed E-state index contributed by atoms with van der Waals surface area (Å²) in [5.41, 5.74) is 1.77. The number of carbonyl (C=O) groups is 1. The summed E-state index contributed by atoms with van der Waals surface area (Å²) in [4.78, 5) is 13.4. The smallest absolute Gasteiger partial charge is 0.159 e. The maximum Gasteiger partial charge on any atom is 0.159 e. The van der Waals surface area contributed by atoms with Gasteiger partial charge in [0.1, 0.15) is 0 Å². The number of rotatable bonds is 5. The number of allylic oxidation sites excluding steroid dienone is 1. The van der Waals surface area contributed by atoms with Gasteiger partial charge in [-0.2, -0.15) is 0 Å². The molecule has 0 aromatic rings. The summed E-state index contributed by atoms with van der Waals surface area (Å²) in [5.74, 6) is 4.11. The Morgan fingerprint density at radius 1 is 1.03 bits per heavy atom. The van der Waals surface area contributed by atoms with Crippen LogP contribution >= 0.6 is 0 Å². The van der Waals surface area contributed by atoms with Crippen molar-refractivity contribution in [2.24, 2.45) is 46.3 Å². The third-order valence-corrected chi connectivity index (χ3v) is 10.1. The maximum atomic E-state index is 13.4. The molecule has 1 N–H and O–H groups in total. The molecule has 0 spiro atoms. The second-order valence-electron chi connectivity index (χ2n) is 12.2. The van der Waals surface area contributed by atoms with Crippen LogP contribution < -0.4 is 0 Å². The predicted octanol–water partition coefficient (Wildman–Crippen LogP) is 6.57. The van der Waals surface area contributed by atoms with Gasteiger partial charge in [0.05, 0.1) is 6.10 Å². The molecule has 0 bridgehead atoms. The molecular weight excluding hydrogens is 356 g/mol. The third kappa shape index (κ3) is 3.56. The van der Waals surface area contributed by atoms with E-state index in [2.05, 4.69) is 34.6 Å². The molecule has 0 amide bonds. The summed E-state index contributed by atoms with van der Waals surface area (Å²) in [6, 6.07) is 0. The molecule has 29 heavy (non-hydrogen) atoms. The van der Waals surface area contributed by atoms with Gasteiger partial charge in [-0.25, -0.2) is 0 Å². The summed E-state index contributed by atoms with van der Waals surface area (Å²) < 4.78 is 0. The fourth-order valence-electron chi connectivity index (χ4n) is 8.41. The van der Waals surface area contributed by atoms with Gasteiger partial charge in [0.2, 0.25) is 0 Å². The number of hydrogen-bond donors (Lipinski definition) is 1. The molecule has 0 aromatic heterocycles. The Labute approximate surface area is 178 Å². The monoisotopic (exact) mass is 400 g/mol. The first kappa shape index (κ1) is 21.6. The lowest BCUT2D eigenvalue weighted by Gasteiger charge is -2.57. The molecule has 4 unspecified atom stereocenters. The van der Waals surface area contributed by atoms with E-state index in [9.17, 15) is 9.90 Å². The van der Waals surface area contributed by atoms with Crippen LogP contribution in [0.5, 0.6) is 0 Å². The quantitative estimate of drug-likeness (QED) is 0.567. The van der Waals surface area contributed by atoms with E-state index in [0.29, 0.717) is 23.0 Å². The number of hydrogen-bond acceptors (Lipinski definition) is 2. The average Bonchev–Trinajstić information content (AvgIpc) is 3.00. The van der Waals surface area contributed by atoms with Gasteiger partial charge in [0, 0.05) is 5.92 Å². The van der Waals surface area contributed by atoms with E-state index in [0.717, 1.165) is 37.0 Å². The molecule has 0 heterocycles. The fraction of sp³-hybridized carbons (Fsp3) is 0.889. The van der Waals surface area contributed by atoms with Gasteiger partial charge in [0.25, 0.3) is 0 Å². The third-order valence-electron chi connectivity index (χ3n) is 10.1. The summed E-state index contributed by atoms with van der Waals surface area (Å²) >= 11 is 0. The molecule has 4 aliphatic carbocycles. The first-order chi connectivity index (χ1) is 13.7. The molecule has 0 aromatic carbocycles. The summed E-state index contributed by atoms with van der Waals surface area (Å²) in [5, 5.41) is 10.2.